The van der Waals surface area contributed by atoms with Gasteiger partial charge in [-0.2, -0.15) is 0 Å². The average Bonchev–Trinajstić information content (AvgIpc) is 3.08. The molecule has 1 aliphatic heterocycles. The van der Waals surface area contributed by atoms with Gasteiger partial charge in [-0.25, -0.2) is 4.39 Å². The summed E-state index contributed by atoms with van der Waals surface area (Å²) in [6.07, 6.45) is 1.61. The number of hydrogen-bond donors (Lipinski definition) is 0. The number of carbonyl (C=O) groups is 2. The topological polar surface area (TPSA) is 55.8 Å². The van der Waals surface area contributed by atoms with Crippen molar-refractivity contribution in [3.05, 3.63) is 98.1 Å². The molecule has 5 nitrogen and oxygen atoms in total. The van der Waals surface area contributed by atoms with Crippen molar-refractivity contribution in [2.75, 3.05) is 7.11 Å². The number of carbonyl (C=O) groups excluding carboxylic acids is 2. The third-order valence-electron chi connectivity index (χ3n) is 5.04. The Morgan fingerprint density at radius 1 is 1.00 bits per heavy atom. The number of halogens is 3. The van der Waals surface area contributed by atoms with Gasteiger partial charge in [0, 0.05) is 15.6 Å². The van der Waals surface area contributed by atoms with Crippen LogP contribution in [-0.4, -0.2) is 23.2 Å². The summed E-state index contributed by atoms with van der Waals surface area (Å²) in [4.78, 5) is 26.8. The molecule has 0 saturated carbocycles. The van der Waals surface area contributed by atoms with E-state index in [4.69, 9.17) is 32.7 Å². The van der Waals surface area contributed by atoms with Crippen LogP contribution in [0.3, 0.4) is 0 Å². The van der Waals surface area contributed by atoms with Gasteiger partial charge in [-0.15, -0.1) is 0 Å². The van der Waals surface area contributed by atoms with E-state index in [1.54, 1.807) is 54.6 Å². The van der Waals surface area contributed by atoms with Crippen molar-refractivity contribution in [3.63, 3.8) is 0 Å². The molecular formula is C25H18Cl2FNO4S. The maximum Gasteiger partial charge on any atom is 0.293 e. The molecule has 0 unspecified atom stereocenters. The fourth-order valence-electron chi connectivity index (χ4n) is 3.27. The van der Waals surface area contributed by atoms with Crippen molar-refractivity contribution in [3.8, 4) is 11.5 Å². The number of nitrogens with zero attached hydrogens (tertiary/aromatic N) is 1. The normalized spacial score (nSPS) is 14.7. The van der Waals surface area contributed by atoms with Crippen LogP contribution >= 0.6 is 35.0 Å². The highest BCUT2D eigenvalue weighted by molar-refractivity contribution is 8.18. The summed E-state index contributed by atoms with van der Waals surface area (Å²) >= 11 is 13.2. The van der Waals surface area contributed by atoms with Crippen LogP contribution in [0.15, 0.2) is 65.6 Å². The summed E-state index contributed by atoms with van der Waals surface area (Å²) in [6.45, 7) is 0.185. The lowest BCUT2D eigenvalue weighted by Gasteiger charge is -2.14. The summed E-state index contributed by atoms with van der Waals surface area (Å²) in [7, 11) is 1.52. The molecule has 0 bridgehead atoms. The fraction of sp³-hybridized carbons (Fsp3) is 0.120. The van der Waals surface area contributed by atoms with Crippen LogP contribution in [0.4, 0.5) is 9.18 Å². The minimum Gasteiger partial charge on any atom is -0.493 e. The standard InChI is InChI=1S/C25H18Cl2FNO4S/c1-32-21-10-7-16(11-22(21)33-14-15-5-8-17(28)9-6-15)12-23-24(30)29(25(31)34-23)13-18-19(26)3-2-4-20(18)27/h2-12H,13-14H2,1H3/b23-12-. The molecule has 3 aromatic carbocycles. The molecule has 0 aromatic heterocycles. The van der Waals surface area contributed by atoms with E-state index in [0.29, 0.717) is 32.7 Å². The monoisotopic (exact) mass is 517 g/mol. The molecule has 0 atom stereocenters. The van der Waals surface area contributed by atoms with Crippen molar-refractivity contribution < 1.29 is 23.5 Å². The minimum atomic E-state index is -0.435. The van der Waals surface area contributed by atoms with Crippen molar-refractivity contribution in [1.82, 2.24) is 4.90 Å². The Morgan fingerprint density at radius 3 is 2.38 bits per heavy atom. The van der Waals surface area contributed by atoms with E-state index in [-0.39, 0.29) is 23.9 Å². The molecule has 1 fully saturated rings. The summed E-state index contributed by atoms with van der Waals surface area (Å²) in [5, 5.41) is 0.357. The van der Waals surface area contributed by atoms with E-state index in [2.05, 4.69) is 0 Å². The van der Waals surface area contributed by atoms with E-state index in [1.165, 1.54) is 19.2 Å². The third-order valence-corrected chi connectivity index (χ3v) is 6.66. The van der Waals surface area contributed by atoms with Gasteiger partial charge < -0.3 is 9.47 Å². The number of benzene rings is 3. The van der Waals surface area contributed by atoms with Crippen LogP contribution in [0.5, 0.6) is 11.5 Å². The van der Waals surface area contributed by atoms with E-state index in [0.717, 1.165) is 22.2 Å². The van der Waals surface area contributed by atoms with Gasteiger partial charge in [-0.1, -0.05) is 47.5 Å². The largest absolute Gasteiger partial charge is 0.493 e. The molecule has 4 rings (SSSR count). The molecule has 0 N–H and O–H groups in total. The molecule has 9 heteroatoms. The Labute approximate surface area is 210 Å². The van der Waals surface area contributed by atoms with E-state index < -0.39 is 11.1 Å². The summed E-state index contributed by atoms with van der Waals surface area (Å²) in [5.74, 6) is 0.188. The predicted octanol–water partition coefficient (Wildman–Crippen LogP) is 6.96. The first-order valence-corrected chi connectivity index (χ1v) is 11.7. The van der Waals surface area contributed by atoms with Crippen molar-refractivity contribution in [2.24, 2.45) is 0 Å². The zero-order valence-electron chi connectivity index (χ0n) is 17.9. The third kappa shape index (κ3) is 5.38. The Kier molecular flexibility index (Phi) is 7.46. The second-order valence-electron chi connectivity index (χ2n) is 7.29. The molecule has 0 radical (unpaired) electrons. The first-order valence-electron chi connectivity index (χ1n) is 10.1. The first-order chi connectivity index (χ1) is 16.4. The zero-order valence-corrected chi connectivity index (χ0v) is 20.2. The van der Waals surface area contributed by atoms with E-state index in [9.17, 15) is 14.0 Å². The van der Waals surface area contributed by atoms with Crippen LogP contribution in [-0.2, 0) is 17.9 Å². The van der Waals surface area contributed by atoms with Crippen LogP contribution < -0.4 is 9.47 Å². The maximum atomic E-state index is 13.1. The predicted molar refractivity (Wildman–Crippen MR) is 132 cm³/mol. The smallest absolute Gasteiger partial charge is 0.293 e. The van der Waals surface area contributed by atoms with Crippen molar-refractivity contribution in [1.29, 1.82) is 0 Å². The average molecular weight is 518 g/mol. The first kappa shape index (κ1) is 24.1. The summed E-state index contributed by atoms with van der Waals surface area (Å²) in [6, 6.07) is 16.2. The van der Waals surface area contributed by atoms with Crippen LogP contribution in [0.1, 0.15) is 16.7 Å². The molecule has 3 aromatic rings. The van der Waals surface area contributed by atoms with Gasteiger partial charge in [0.1, 0.15) is 12.4 Å². The van der Waals surface area contributed by atoms with Crippen LogP contribution in [0, 0.1) is 5.82 Å². The van der Waals surface area contributed by atoms with E-state index in [1.807, 2.05) is 0 Å². The molecule has 0 aliphatic carbocycles. The van der Waals surface area contributed by atoms with Gasteiger partial charge >= 0.3 is 0 Å². The highest BCUT2D eigenvalue weighted by Crippen LogP contribution is 2.37. The van der Waals surface area contributed by atoms with Gasteiger partial charge in [-0.05, 0) is 65.4 Å². The number of hydrogen-bond acceptors (Lipinski definition) is 5. The summed E-state index contributed by atoms with van der Waals surface area (Å²) in [5.41, 5.74) is 1.94. The second kappa shape index (κ2) is 10.5. The number of thioether (sulfide) groups is 1. The minimum absolute atomic E-state index is 0.0187. The van der Waals surface area contributed by atoms with Crippen LogP contribution in [0.25, 0.3) is 6.08 Å². The molecule has 34 heavy (non-hydrogen) atoms. The molecule has 0 spiro atoms. The second-order valence-corrected chi connectivity index (χ2v) is 9.10. The SMILES string of the molecule is COc1ccc(/C=C2\SC(=O)N(Cc3c(Cl)cccc3Cl)C2=O)cc1OCc1ccc(F)cc1. The molecule has 1 heterocycles. The maximum absolute atomic E-state index is 13.1. The fourth-order valence-corrected chi connectivity index (χ4v) is 4.62. The Bertz CT molecular complexity index is 1260. The molecule has 1 saturated heterocycles. The Hall–Kier alpha value is -3.00. The molecule has 1 aliphatic rings. The highest BCUT2D eigenvalue weighted by atomic mass is 35.5. The number of imide groups is 1. The number of methoxy groups -OCH3 is 1. The van der Waals surface area contributed by atoms with Gasteiger partial charge in [0.05, 0.1) is 18.6 Å². The quantitative estimate of drug-likeness (QED) is 0.317. The van der Waals surface area contributed by atoms with E-state index >= 15 is 0 Å². The lowest BCUT2D eigenvalue weighted by molar-refractivity contribution is -0.123. The zero-order chi connectivity index (χ0) is 24.2. The van der Waals surface area contributed by atoms with Gasteiger partial charge in [0.25, 0.3) is 11.1 Å². The van der Waals surface area contributed by atoms with Crippen LogP contribution in [0.2, 0.25) is 10.0 Å². The van der Waals surface area contributed by atoms with Gasteiger partial charge in [-0.3, -0.25) is 14.5 Å². The highest BCUT2D eigenvalue weighted by Gasteiger charge is 2.35. The number of rotatable bonds is 7. The van der Waals surface area contributed by atoms with Gasteiger partial charge in [0.15, 0.2) is 11.5 Å². The molecule has 2 amide bonds. The lowest BCUT2D eigenvalue weighted by Crippen LogP contribution is -2.27. The molecular weight excluding hydrogens is 500 g/mol. The molecule has 174 valence electrons. The lowest BCUT2D eigenvalue weighted by atomic mass is 10.1. The number of amides is 2. The van der Waals surface area contributed by atoms with Crippen molar-refractivity contribution in [2.45, 2.75) is 13.2 Å². The Balaban J connectivity index is 1.54. The number of ether oxygens (including phenoxy) is 2. The van der Waals surface area contributed by atoms with Gasteiger partial charge in [0.2, 0.25) is 0 Å². The summed E-state index contributed by atoms with van der Waals surface area (Å²) < 4.78 is 24.3. The Morgan fingerprint density at radius 2 is 1.71 bits per heavy atom. The van der Waals surface area contributed by atoms with Crippen molar-refractivity contribution >= 4 is 52.2 Å².